The normalized spacial score (nSPS) is 11.5. The van der Waals surface area contributed by atoms with Crippen molar-refractivity contribution < 1.29 is 4.79 Å². The lowest BCUT2D eigenvalue weighted by molar-refractivity contribution is 0.0954. The molecule has 1 heterocycles. The molecule has 108 valence electrons. The fourth-order valence-corrected chi connectivity index (χ4v) is 1.93. The van der Waals surface area contributed by atoms with Gasteiger partial charge in [-0.2, -0.15) is 5.10 Å². The van der Waals surface area contributed by atoms with Crippen LogP contribution in [0.1, 0.15) is 36.2 Å². The number of nitrogens with one attached hydrogen (secondary N) is 1. The van der Waals surface area contributed by atoms with E-state index in [9.17, 15) is 4.79 Å². The van der Waals surface area contributed by atoms with Crippen LogP contribution in [0.25, 0.3) is 0 Å². The van der Waals surface area contributed by atoms with Crippen LogP contribution in [0.15, 0.2) is 60.0 Å². The Kier molecular flexibility index (Phi) is 5.21. The highest BCUT2D eigenvalue weighted by Crippen LogP contribution is 2.10. The molecule has 0 aliphatic heterocycles. The van der Waals surface area contributed by atoms with Crippen molar-refractivity contribution in [1.29, 1.82) is 0 Å². The molecule has 4 heteroatoms. The van der Waals surface area contributed by atoms with Gasteiger partial charge in [-0.25, -0.2) is 5.43 Å². The number of aromatic nitrogens is 1. The number of hydrogen-bond donors (Lipinski definition) is 1. The predicted octanol–water partition coefficient (Wildman–Crippen LogP) is 3.26. The Balaban J connectivity index is 2.16. The van der Waals surface area contributed by atoms with Crippen LogP contribution in [0.5, 0.6) is 0 Å². The monoisotopic (exact) mass is 281 g/mol. The molecule has 1 N–H and O–H groups in total. The van der Waals surface area contributed by atoms with Gasteiger partial charge in [0.05, 0.1) is 5.71 Å². The Morgan fingerprint density at radius 1 is 1.10 bits per heavy atom. The van der Waals surface area contributed by atoms with E-state index in [4.69, 9.17) is 0 Å². The van der Waals surface area contributed by atoms with Crippen molar-refractivity contribution in [2.24, 2.45) is 11.0 Å². The van der Waals surface area contributed by atoms with Gasteiger partial charge in [0.2, 0.25) is 0 Å². The van der Waals surface area contributed by atoms with Gasteiger partial charge in [-0.05, 0) is 30.0 Å². The van der Waals surface area contributed by atoms with Crippen LogP contribution in [0.2, 0.25) is 0 Å². The van der Waals surface area contributed by atoms with Gasteiger partial charge in [0.25, 0.3) is 5.91 Å². The highest BCUT2D eigenvalue weighted by Gasteiger charge is 2.08. The Labute approximate surface area is 124 Å². The number of hydrogen-bond acceptors (Lipinski definition) is 3. The first kappa shape index (κ1) is 14.9. The minimum atomic E-state index is -0.227. The lowest BCUT2D eigenvalue weighted by Crippen LogP contribution is -2.20. The van der Waals surface area contributed by atoms with Gasteiger partial charge in [0.1, 0.15) is 0 Å². The predicted molar refractivity (Wildman–Crippen MR) is 84.1 cm³/mol. The molecule has 1 aromatic heterocycles. The van der Waals surface area contributed by atoms with Crippen molar-refractivity contribution in [3.05, 3.63) is 66.0 Å². The van der Waals surface area contributed by atoms with Gasteiger partial charge in [0.15, 0.2) is 0 Å². The van der Waals surface area contributed by atoms with Crippen LogP contribution in [-0.2, 0) is 0 Å². The molecule has 0 atom stereocenters. The summed E-state index contributed by atoms with van der Waals surface area (Å²) in [5, 5.41) is 4.31. The first-order valence-electron chi connectivity index (χ1n) is 6.99. The smallest absolute Gasteiger partial charge is 0.267 e. The zero-order valence-corrected chi connectivity index (χ0v) is 12.3. The molecule has 0 saturated carbocycles. The maximum Gasteiger partial charge on any atom is 0.271 e. The summed E-state index contributed by atoms with van der Waals surface area (Å²) >= 11 is 0. The summed E-state index contributed by atoms with van der Waals surface area (Å²) in [5.41, 5.74) is 5.08. The van der Waals surface area contributed by atoms with Gasteiger partial charge in [-0.1, -0.05) is 44.2 Å². The largest absolute Gasteiger partial charge is 0.271 e. The third-order valence-electron chi connectivity index (χ3n) is 2.94. The minimum absolute atomic E-state index is 0.227. The van der Waals surface area contributed by atoms with E-state index in [2.05, 4.69) is 29.4 Å². The highest BCUT2D eigenvalue weighted by atomic mass is 16.2. The molecular formula is C17H19N3O. The SMILES string of the molecule is CC(C)CC(=NNC(=O)c1ccncc1)c1ccccc1. The van der Waals surface area contributed by atoms with Crippen molar-refractivity contribution in [2.75, 3.05) is 0 Å². The van der Waals surface area contributed by atoms with Crippen molar-refractivity contribution in [3.63, 3.8) is 0 Å². The van der Waals surface area contributed by atoms with Gasteiger partial charge in [0, 0.05) is 18.0 Å². The van der Waals surface area contributed by atoms with E-state index in [0.717, 1.165) is 17.7 Å². The van der Waals surface area contributed by atoms with Crippen molar-refractivity contribution in [1.82, 2.24) is 10.4 Å². The van der Waals surface area contributed by atoms with Crippen LogP contribution >= 0.6 is 0 Å². The molecule has 0 saturated heterocycles. The summed E-state index contributed by atoms with van der Waals surface area (Å²) in [5.74, 6) is 0.233. The van der Waals surface area contributed by atoms with Gasteiger partial charge in [-0.15, -0.1) is 0 Å². The van der Waals surface area contributed by atoms with Crippen LogP contribution in [-0.4, -0.2) is 16.6 Å². The number of benzene rings is 1. The summed E-state index contributed by atoms with van der Waals surface area (Å²) in [6, 6.07) is 13.2. The number of carbonyl (C=O) groups is 1. The third-order valence-corrected chi connectivity index (χ3v) is 2.94. The third kappa shape index (κ3) is 4.53. The van der Waals surface area contributed by atoms with Crippen molar-refractivity contribution in [3.8, 4) is 0 Å². The second-order valence-corrected chi connectivity index (χ2v) is 5.20. The van der Waals surface area contributed by atoms with E-state index in [1.54, 1.807) is 24.5 Å². The Hall–Kier alpha value is -2.49. The molecule has 0 unspecified atom stereocenters. The Morgan fingerprint density at radius 3 is 2.38 bits per heavy atom. The van der Waals surface area contributed by atoms with Crippen LogP contribution in [0, 0.1) is 5.92 Å². The first-order valence-corrected chi connectivity index (χ1v) is 6.99. The van der Waals surface area contributed by atoms with E-state index in [-0.39, 0.29) is 5.91 Å². The summed E-state index contributed by atoms with van der Waals surface area (Å²) in [7, 11) is 0. The van der Waals surface area contributed by atoms with Crippen molar-refractivity contribution in [2.45, 2.75) is 20.3 Å². The molecule has 4 nitrogen and oxygen atoms in total. The average molecular weight is 281 g/mol. The number of rotatable bonds is 5. The summed E-state index contributed by atoms with van der Waals surface area (Å²) in [6.45, 7) is 4.26. The Bertz CT molecular complexity index is 606. The van der Waals surface area contributed by atoms with E-state index >= 15 is 0 Å². The highest BCUT2D eigenvalue weighted by molar-refractivity contribution is 6.02. The molecule has 0 aliphatic carbocycles. The quantitative estimate of drug-likeness (QED) is 0.675. The Morgan fingerprint density at radius 2 is 1.76 bits per heavy atom. The molecular weight excluding hydrogens is 262 g/mol. The number of carbonyl (C=O) groups excluding carboxylic acids is 1. The van der Waals surface area contributed by atoms with Crippen molar-refractivity contribution >= 4 is 11.6 Å². The lowest BCUT2D eigenvalue weighted by Gasteiger charge is -2.10. The number of nitrogens with zero attached hydrogens (tertiary/aromatic N) is 2. The molecule has 1 aromatic carbocycles. The van der Waals surface area contributed by atoms with Gasteiger partial charge < -0.3 is 0 Å². The van der Waals surface area contributed by atoms with Crippen LogP contribution in [0.4, 0.5) is 0 Å². The van der Waals surface area contributed by atoms with Crippen LogP contribution in [0.3, 0.4) is 0 Å². The molecule has 2 rings (SSSR count). The first-order chi connectivity index (χ1) is 10.2. The number of amides is 1. The topological polar surface area (TPSA) is 54.4 Å². The van der Waals surface area contributed by atoms with Gasteiger partial charge >= 0.3 is 0 Å². The molecule has 2 aromatic rings. The second kappa shape index (κ2) is 7.33. The fraction of sp³-hybridized carbons (Fsp3) is 0.235. The minimum Gasteiger partial charge on any atom is -0.267 e. The van der Waals surface area contributed by atoms with E-state index in [1.165, 1.54) is 0 Å². The number of pyridine rings is 1. The van der Waals surface area contributed by atoms with E-state index in [0.29, 0.717) is 11.5 Å². The maximum atomic E-state index is 12.0. The van der Waals surface area contributed by atoms with E-state index in [1.807, 2.05) is 30.3 Å². The standard InChI is InChI=1S/C17H19N3O/c1-13(2)12-16(14-6-4-3-5-7-14)19-20-17(21)15-8-10-18-11-9-15/h3-11,13H,12H2,1-2H3,(H,20,21). The second-order valence-electron chi connectivity index (χ2n) is 5.20. The molecule has 0 bridgehead atoms. The summed E-state index contributed by atoms with van der Waals surface area (Å²) in [4.78, 5) is 15.9. The molecule has 0 fully saturated rings. The summed E-state index contributed by atoms with van der Waals surface area (Å²) < 4.78 is 0. The maximum absolute atomic E-state index is 12.0. The van der Waals surface area contributed by atoms with E-state index < -0.39 is 0 Å². The summed E-state index contributed by atoms with van der Waals surface area (Å²) in [6.07, 6.45) is 3.98. The molecule has 1 amide bonds. The van der Waals surface area contributed by atoms with Gasteiger partial charge in [-0.3, -0.25) is 9.78 Å². The lowest BCUT2D eigenvalue weighted by atomic mass is 10.0. The zero-order chi connectivity index (χ0) is 15.1. The molecule has 0 spiro atoms. The average Bonchev–Trinajstić information content (AvgIpc) is 2.52. The zero-order valence-electron chi connectivity index (χ0n) is 12.3. The van der Waals surface area contributed by atoms with Crippen LogP contribution < -0.4 is 5.43 Å². The molecule has 0 radical (unpaired) electrons. The molecule has 0 aliphatic rings. The number of hydrazone groups is 1. The molecule has 21 heavy (non-hydrogen) atoms. The fourth-order valence-electron chi connectivity index (χ4n) is 1.93.